The topological polar surface area (TPSA) is 113 Å². The normalized spacial score (nSPS) is 15.4. The third-order valence-corrected chi connectivity index (χ3v) is 8.78. The van der Waals surface area contributed by atoms with Gasteiger partial charge in [0.1, 0.15) is 5.82 Å². The van der Waals surface area contributed by atoms with Crippen LogP contribution in [-0.2, 0) is 26.1 Å². The van der Waals surface area contributed by atoms with Crippen molar-refractivity contribution in [3.8, 4) is 0 Å². The maximum absolute atomic E-state index is 13.5. The molecule has 1 saturated heterocycles. The summed E-state index contributed by atoms with van der Waals surface area (Å²) in [6.07, 6.45) is 0.848. The Morgan fingerprint density at radius 1 is 1.14 bits per heavy atom. The summed E-state index contributed by atoms with van der Waals surface area (Å²) in [5.41, 5.74) is 1.40. The average Bonchev–Trinajstić information content (AvgIpc) is 2.90. The minimum Gasteiger partial charge on any atom is -0.383 e. The molecule has 37 heavy (non-hydrogen) atoms. The van der Waals surface area contributed by atoms with Crippen molar-refractivity contribution >= 4 is 26.8 Å². The molecule has 0 unspecified atom stereocenters. The summed E-state index contributed by atoms with van der Waals surface area (Å²) in [4.78, 5) is 35.2. The minimum absolute atomic E-state index is 0.0915. The fraction of sp³-hybridized carbons (Fsp3) is 0.444. The molecular formula is C27H34N4O5S. The number of carbonyl (C=O) groups excluding carboxylic acids is 1. The molecular weight excluding hydrogens is 492 g/mol. The standard InChI is InChI=1S/C27H34N4O5S/c1-19(2)20-8-10-22(11-9-20)37(34,35)31-14-12-21(13-15-31)27(33)30(16-17-36-3)18-25-28-24-7-5-4-6-23(24)26(32)29-25/h4-11,19,21H,12-18H2,1-3H3,(H,28,29,32). The van der Waals surface area contributed by atoms with E-state index in [2.05, 4.69) is 23.8 Å². The summed E-state index contributed by atoms with van der Waals surface area (Å²) < 4.78 is 33.0. The highest BCUT2D eigenvalue weighted by Gasteiger charge is 2.34. The van der Waals surface area contributed by atoms with Crippen LogP contribution in [0.3, 0.4) is 0 Å². The number of carbonyl (C=O) groups is 1. The van der Waals surface area contributed by atoms with E-state index in [9.17, 15) is 18.0 Å². The second kappa shape index (κ2) is 11.5. The molecule has 1 aromatic heterocycles. The number of H-pyrrole nitrogens is 1. The number of hydrogen-bond donors (Lipinski definition) is 1. The number of aromatic nitrogens is 2. The number of nitrogens with zero attached hydrogens (tertiary/aromatic N) is 3. The number of aromatic amines is 1. The number of rotatable bonds is 9. The SMILES string of the molecule is COCCN(Cc1nc2ccccc2c(=O)[nH]1)C(=O)C1CCN(S(=O)(=O)c2ccc(C(C)C)cc2)CC1. The Morgan fingerprint density at radius 2 is 1.81 bits per heavy atom. The number of ether oxygens (including phenoxy) is 1. The van der Waals surface area contributed by atoms with Gasteiger partial charge < -0.3 is 14.6 Å². The number of amides is 1. The van der Waals surface area contributed by atoms with Crippen LogP contribution in [0.1, 0.15) is 44.0 Å². The average molecular weight is 527 g/mol. The summed E-state index contributed by atoms with van der Waals surface area (Å²) in [6, 6.07) is 14.1. The molecule has 2 heterocycles. The molecule has 9 nitrogen and oxygen atoms in total. The van der Waals surface area contributed by atoms with Crippen LogP contribution < -0.4 is 5.56 Å². The molecule has 0 radical (unpaired) electrons. The van der Waals surface area contributed by atoms with Gasteiger partial charge in [0.15, 0.2) is 0 Å². The van der Waals surface area contributed by atoms with Crippen LogP contribution >= 0.6 is 0 Å². The van der Waals surface area contributed by atoms with Crippen LogP contribution in [0, 0.1) is 5.92 Å². The van der Waals surface area contributed by atoms with Gasteiger partial charge in [-0.15, -0.1) is 0 Å². The number of methoxy groups -OCH3 is 1. The van der Waals surface area contributed by atoms with Crippen LogP contribution in [0.2, 0.25) is 0 Å². The molecule has 1 fully saturated rings. The molecule has 4 rings (SSSR count). The van der Waals surface area contributed by atoms with Crippen LogP contribution in [0.15, 0.2) is 58.2 Å². The van der Waals surface area contributed by atoms with E-state index < -0.39 is 10.0 Å². The van der Waals surface area contributed by atoms with Crippen LogP contribution in [0.4, 0.5) is 0 Å². The Kier molecular flexibility index (Phi) is 8.41. The van der Waals surface area contributed by atoms with E-state index in [0.717, 1.165) is 5.56 Å². The lowest BCUT2D eigenvalue weighted by Crippen LogP contribution is -2.45. The van der Waals surface area contributed by atoms with E-state index in [1.165, 1.54) is 4.31 Å². The van der Waals surface area contributed by atoms with Crippen molar-refractivity contribution in [2.45, 2.75) is 44.0 Å². The zero-order valence-electron chi connectivity index (χ0n) is 21.5. The van der Waals surface area contributed by atoms with Gasteiger partial charge in [-0.25, -0.2) is 13.4 Å². The van der Waals surface area contributed by atoms with Crippen molar-refractivity contribution in [2.24, 2.45) is 5.92 Å². The summed E-state index contributed by atoms with van der Waals surface area (Å²) in [7, 11) is -2.06. The Bertz CT molecular complexity index is 1390. The first kappa shape index (κ1) is 27.0. The lowest BCUT2D eigenvalue weighted by molar-refractivity contribution is -0.138. The lowest BCUT2D eigenvalue weighted by atomic mass is 9.96. The van der Waals surface area contributed by atoms with Gasteiger partial charge in [-0.3, -0.25) is 9.59 Å². The van der Waals surface area contributed by atoms with E-state index >= 15 is 0 Å². The summed E-state index contributed by atoms with van der Waals surface area (Å²) in [6.45, 7) is 5.49. The van der Waals surface area contributed by atoms with Crippen molar-refractivity contribution < 1.29 is 17.9 Å². The monoisotopic (exact) mass is 526 g/mol. The number of hydrogen-bond acceptors (Lipinski definition) is 6. The number of benzene rings is 2. The number of sulfonamides is 1. The van der Waals surface area contributed by atoms with Gasteiger partial charge in [0.05, 0.1) is 29.0 Å². The Morgan fingerprint density at radius 3 is 2.46 bits per heavy atom. The van der Waals surface area contributed by atoms with Gasteiger partial charge in [0, 0.05) is 32.7 Å². The smallest absolute Gasteiger partial charge is 0.258 e. The zero-order chi connectivity index (χ0) is 26.6. The van der Waals surface area contributed by atoms with Crippen molar-refractivity contribution in [3.05, 3.63) is 70.3 Å². The second-order valence-electron chi connectivity index (χ2n) is 9.68. The third-order valence-electron chi connectivity index (χ3n) is 6.87. The lowest BCUT2D eigenvalue weighted by Gasteiger charge is -2.33. The van der Waals surface area contributed by atoms with E-state index in [4.69, 9.17) is 4.74 Å². The highest BCUT2D eigenvalue weighted by molar-refractivity contribution is 7.89. The van der Waals surface area contributed by atoms with Crippen LogP contribution in [0.25, 0.3) is 10.9 Å². The van der Waals surface area contributed by atoms with Crippen molar-refractivity contribution in [3.63, 3.8) is 0 Å². The molecule has 0 aliphatic carbocycles. The number of fused-ring (bicyclic) bond motifs is 1. The molecule has 1 N–H and O–H groups in total. The Labute approximate surface area is 217 Å². The summed E-state index contributed by atoms with van der Waals surface area (Å²) in [5, 5.41) is 0.494. The minimum atomic E-state index is -3.62. The first-order valence-corrected chi connectivity index (χ1v) is 14.0. The fourth-order valence-electron chi connectivity index (χ4n) is 4.63. The van der Waals surface area contributed by atoms with Crippen molar-refractivity contribution in [1.82, 2.24) is 19.2 Å². The predicted molar refractivity (Wildman–Crippen MR) is 142 cm³/mol. The molecule has 0 spiro atoms. The quantitative estimate of drug-likeness (QED) is 0.458. The first-order chi connectivity index (χ1) is 17.7. The fourth-order valence-corrected chi connectivity index (χ4v) is 6.10. The highest BCUT2D eigenvalue weighted by Crippen LogP contribution is 2.26. The molecule has 3 aromatic rings. The maximum Gasteiger partial charge on any atom is 0.258 e. The van der Waals surface area contributed by atoms with Gasteiger partial charge in [0.25, 0.3) is 5.56 Å². The van der Waals surface area contributed by atoms with Crippen LogP contribution in [0.5, 0.6) is 0 Å². The first-order valence-electron chi connectivity index (χ1n) is 12.6. The van der Waals surface area contributed by atoms with Crippen LogP contribution in [-0.4, -0.2) is 66.8 Å². The molecule has 198 valence electrons. The Hall–Kier alpha value is -3.08. The summed E-state index contributed by atoms with van der Waals surface area (Å²) in [5.74, 6) is 0.310. The van der Waals surface area contributed by atoms with Gasteiger partial charge >= 0.3 is 0 Å². The molecule has 10 heteroatoms. The largest absolute Gasteiger partial charge is 0.383 e. The van der Waals surface area contributed by atoms with Gasteiger partial charge in [0.2, 0.25) is 15.9 Å². The molecule has 2 aromatic carbocycles. The van der Waals surface area contributed by atoms with Gasteiger partial charge in [-0.2, -0.15) is 4.31 Å². The van der Waals surface area contributed by atoms with Gasteiger partial charge in [-0.05, 0) is 48.6 Å². The van der Waals surface area contributed by atoms with E-state index in [-0.39, 0.29) is 41.9 Å². The van der Waals surface area contributed by atoms with E-state index in [0.29, 0.717) is 48.6 Å². The maximum atomic E-state index is 13.5. The molecule has 0 bridgehead atoms. The molecule has 1 aliphatic heterocycles. The second-order valence-corrected chi connectivity index (χ2v) is 11.6. The zero-order valence-corrected chi connectivity index (χ0v) is 22.3. The summed E-state index contributed by atoms with van der Waals surface area (Å²) >= 11 is 0. The Balaban J connectivity index is 1.45. The molecule has 0 atom stereocenters. The van der Waals surface area contributed by atoms with E-state index in [1.807, 2.05) is 18.2 Å². The van der Waals surface area contributed by atoms with Crippen molar-refractivity contribution in [1.29, 1.82) is 0 Å². The highest BCUT2D eigenvalue weighted by atomic mass is 32.2. The number of para-hydroxylation sites is 1. The molecule has 1 aliphatic rings. The number of nitrogens with one attached hydrogen (secondary N) is 1. The number of piperidine rings is 1. The van der Waals surface area contributed by atoms with E-state index in [1.54, 1.807) is 42.3 Å². The third kappa shape index (κ3) is 6.08. The molecule has 1 amide bonds. The molecule has 0 saturated carbocycles. The van der Waals surface area contributed by atoms with Gasteiger partial charge in [-0.1, -0.05) is 38.1 Å². The van der Waals surface area contributed by atoms with Crippen molar-refractivity contribution in [2.75, 3.05) is 33.4 Å². The predicted octanol–water partition coefficient (Wildman–Crippen LogP) is 3.12.